The zero-order valence-electron chi connectivity index (χ0n) is 13.1. The summed E-state index contributed by atoms with van der Waals surface area (Å²) in [4.78, 5) is 12.3. The van der Waals surface area contributed by atoms with E-state index in [1.165, 1.54) is 0 Å². The van der Waals surface area contributed by atoms with Crippen LogP contribution in [-0.4, -0.2) is 24.4 Å². The lowest BCUT2D eigenvalue weighted by Crippen LogP contribution is -2.18. The summed E-state index contributed by atoms with van der Waals surface area (Å²) < 4.78 is 17.7. The van der Waals surface area contributed by atoms with Crippen molar-refractivity contribution < 1.29 is 19.0 Å². The van der Waals surface area contributed by atoms with Gasteiger partial charge in [0, 0.05) is 28.9 Å². The van der Waals surface area contributed by atoms with E-state index in [0.29, 0.717) is 17.2 Å². The number of fused-ring (bicyclic) bond motifs is 2. The van der Waals surface area contributed by atoms with Crippen molar-refractivity contribution in [2.75, 3.05) is 19.2 Å². The summed E-state index contributed by atoms with van der Waals surface area (Å²) in [5, 5.41) is 3.91. The van der Waals surface area contributed by atoms with E-state index in [1.807, 2.05) is 35.0 Å². The van der Waals surface area contributed by atoms with E-state index in [9.17, 15) is 4.79 Å². The van der Waals surface area contributed by atoms with Gasteiger partial charge in [0.2, 0.25) is 12.7 Å². The van der Waals surface area contributed by atoms with Crippen molar-refractivity contribution in [1.82, 2.24) is 4.57 Å². The standard InChI is InChI=1S/C18H16N2O4/c1-22-14-3-4-15-12(8-14)6-7-20(15)10-18(21)19-13-2-5-16-17(9-13)24-11-23-16/h2-9H,10-11H2,1H3,(H,19,21). The van der Waals surface area contributed by atoms with Crippen LogP contribution < -0.4 is 19.5 Å². The second kappa shape index (κ2) is 5.81. The van der Waals surface area contributed by atoms with Crippen LogP contribution in [0.15, 0.2) is 48.7 Å². The van der Waals surface area contributed by atoms with E-state index in [1.54, 1.807) is 25.3 Å². The third kappa shape index (κ3) is 2.62. The van der Waals surface area contributed by atoms with Crippen LogP contribution in [0.4, 0.5) is 5.69 Å². The molecule has 3 aromatic rings. The van der Waals surface area contributed by atoms with Crippen LogP contribution in [0, 0.1) is 0 Å². The highest BCUT2D eigenvalue weighted by atomic mass is 16.7. The Bertz CT molecular complexity index is 917. The predicted octanol–water partition coefficient (Wildman–Crippen LogP) is 3.02. The molecule has 122 valence electrons. The normalized spacial score (nSPS) is 12.4. The Morgan fingerprint density at radius 3 is 2.92 bits per heavy atom. The first kappa shape index (κ1) is 14.4. The fraction of sp³-hybridized carbons (Fsp3) is 0.167. The fourth-order valence-electron chi connectivity index (χ4n) is 2.77. The lowest BCUT2D eigenvalue weighted by Gasteiger charge is -2.08. The van der Waals surface area contributed by atoms with Crippen LogP contribution in [0.5, 0.6) is 17.2 Å². The number of hydrogen-bond donors (Lipinski definition) is 1. The maximum Gasteiger partial charge on any atom is 0.244 e. The van der Waals surface area contributed by atoms with Gasteiger partial charge in [-0.25, -0.2) is 0 Å². The Hall–Kier alpha value is -3.15. The maximum absolute atomic E-state index is 12.3. The molecular weight excluding hydrogens is 308 g/mol. The van der Waals surface area contributed by atoms with E-state index in [0.717, 1.165) is 16.7 Å². The summed E-state index contributed by atoms with van der Waals surface area (Å²) in [5.41, 5.74) is 1.67. The largest absolute Gasteiger partial charge is 0.497 e. The number of benzene rings is 2. The lowest BCUT2D eigenvalue weighted by molar-refractivity contribution is -0.116. The number of methoxy groups -OCH3 is 1. The second-order valence-electron chi connectivity index (χ2n) is 5.48. The van der Waals surface area contributed by atoms with Gasteiger partial charge < -0.3 is 24.1 Å². The Kier molecular flexibility index (Phi) is 3.49. The van der Waals surface area contributed by atoms with Crippen LogP contribution in [-0.2, 0) is 11.3 Å². The van der Waals surface area contributed by atoms with Crippen molar-refractivity contribution in [1.29, 1.82) is 0 Å². The number of amides is 1. The highest BCUT2D eigenvalue weighted by molar-refractivity contribution is 5.92. The molecule has 4 rings (SSSR count). The number of carbonyl (C=O) groups is 1. The molecule has 1 amide bonds. The summed E-state index contributed by atoms with van der Waals surface area (Å²) in [6.07, 6.45) is 1.89. The molecular formula is C18H16N2O4. The van der Waals surface area contributed by atoms with E-state index in [2.05, 4.69) is 5.32 Å². The summed E-state index contributed by atoms with van der Waals surface area (Å²) in [5.74, 6) is 2.02. The first-order valence-corrected chi connectivity index (χ1v) is 7.55. The van der Waals surface area contributed by atoms with Crippen LogP contribution in [0.1, 0.15) is 0 Å². The van der Waals surface area contributed by atoms with Gasteiger partial charge in [-0.15, -0.1) is 0 Å². The molecule has 2 heterocycles. The number of carbonyl (C=O) groups excluding carboxylic acids is 1. The van der Waals surface area contributed by atoms with E-state index in [4.69, 9.17) is 14.2 Å². The molecule has 0 spiro atoms. The van der Waals surface area contributed by atoms with Crippen molar-refractivity contribution in [3.05, 3.63) is 48.7 Å². The average Bonchev–Trinajstić information content (AvgIpc) is 3.21. The minimum absolute atomic E-state index is 0.109. The van der Waals surface area contributed by atoms with Crippen LogP contribution in [0.25, 0.3) is 10.9 Å². The number of hydrogen-bond acceptors (Lipinski definition) is 4. The molecule has 6 nitrogen and oxygen atoms in total. The van der Waals surface area contributed by atoms with Crippen molar-refractivity contribution >= 4 is 22.5 Å². The first-order chi connectivity index (χ1) is 11.7. The molecule has 1 aliphatic rings. The number of rotatable bonds is 4. The molecule has 1 aliphatic heterocycles. The monoisotopic (exact) mass is 324 g/mol. The van der Waals surface area contributed by atoms with Gasteiger partial charge in [0.1, 0.15) is 12.3 Å². The highest BCUT2D eigenvalue weighted by Gasteiger charge is 2.14. The molecule has 0 radical (unpaired) electrons. The van der Waals surface area contributed by atoms with Gasteiger partial charge in [-0.05, 0) is 36.4 Å². The lowest BCUT2D eigenvalue weighted by atomic mass is 10.2. The molecule has 1 N–H and O–H groups in total. The number of ether oxygens (including phenoxy) is 3. The highest BCUT2D eigenvalue weighted by Crippen LogP contribution is 2.34. The third-order valence-electron chi connectivity index (χ3n) is 3.95. The minimum atomic E-state index is -0.109. The van der Waals surface area contributed by atoms with Gasteiger partial charge in [0.15, 0.2) is 11.5 Å². The number of nitrogens with one attached hydrogen (secondary N) is 1. The van der Waals surface area contributed by atoms with Gasteiger partial charge in [-0.3, -0.25) is 4.79 Å². The zero-order chi connectivity index (χ0) is 16.5. The molecule has 24 heavy (non-hydrogen) atoms. The van der Waals surface area contributed by atoms with Gasteiger partial charge in [0.25, 0.3) is 0 Å². The van der Waals surface area contributed by atoms with Gasteiger partial charge >= 0.3 is 0 Å². The van der Waals surface area contributed by atoms with Crippen molar-refractivity contribution in [2.24, 2.45) is 0 Å². The van der Waals surface area contributed by atoms with Gasteiger partial charge in [-0.1, -0.05) is 0 Å². The van der Waals surface area contributed by atoms with E-state index in [-0.39, 0.29) is 19.2 Å². The summed E-state index contributed by atoms with van der Waals surface area (Å²) in [6, 6.07) is 13.1. The topological polar surface area (TPSA) is 61.7 Å². The average molecular weight is 324 g/mol. The summed E-state index contributed by atoms with van der Waals surface area (Å²) in [7, 11) is 1.64. The van der Waals surface area contributed by atoms with Crippen molar-refractivity contribution in [2.45, 2.75) is 6.54 Å². The SMILES string of the molecule is COc1ccc2c(ccn2CC(=O)Nc2ccc3c(c2)OCO3)c1. The molecule has 0 saturated carbocycles. The molecule has 6 heteroatoms. The van der Waals surface area contributed by atoms with Crippen molar-refractivity contribution in [3.8, 4) is 17.2 Å². The summed E-state index contributed by atoms with van der Waals surface area (Å²) >= 11 is 0. The predicted molar refractivity (Wildman–Crippen MR) is 89.7 cm³/mol. The fourth-order valence-corrected chi connectivity index (χ4v) is 2.77. The summed E-state index contributed by atoms with van der Waals surface area (Å²) in [6.45, 7) is 0.440. The molecule has 2 aromatic carbocycles. The van der Waals surface area contributed by atoms with Crippen LogP contribution >= 0.6 is 0 Å². The number of aromatic nitrogens is 1. The molecule has 0 aliphatic carbocycles. The molecule has 0 bridgehead atoms. The van der Waals surface area contributed by atoms with Crippen LogP contribution in [0.2, 0.25) is 0 Å². The van der Waals surface area contributed by atoms with E-state index >= 15 is 0 Å². The Morgan fingerprint density at radius 2 is 2.04 bits per heavy atom. The first-order valence-electron chi connectivity index (χ1n) is 7.55. The van der Waals surface area contributed by atoms with Crippen molar-refractivity contribution in [3.63, 3.8) is 0 Å². The quantitative estimate of drug-likeness (QED) is 0.801. The molecule has 0 unspecified atom stereocenters. The van der Waals surface area contributed by atoms with Gasteiger partial charge in [0.05, 0.1) is 7.11 Å². The van der Waals surface area contributed by atoms with E-state index < -0.39 is 0 Å². The molecule has 0 fully saturated rings. The Morgan fingerprint density at radius 1 is 1.17 bits per heavy atom. The minimum Gasteiger partial charge on any atom is -0.497 e. The van der Waals surface area contributed by atoms with Gasteiger partial charge in [-0.2, -0.15) is 0 Å². The number of nitrogens with zero attached hydrogens (tertiary/aromatic N) is 1. The molecule has 0 saturated heterocycles. The second-order valence-corrected chi connectivity index (χ2v) is 5.48. The number of anilines is 1. The molecule has 1 aromatic heterocycles. The Balaban J connectivity index is 1.50. The smallest absolute Gasteiger partial charge is 0.244 e. The van der Waals surface area contributed by atoms with Crippen LogP contribution in [0.3, 0.4) is 0 Å². The Labute approximate surface area is 138 Å². The maximum atomic E-state index is 12.3. The molecule has 0 atom stereocenters. The zero-order valence-corrected chi connectivity index (χ0v) is 13.1. The third-order valence-corrected chi connectivity index (χ3v) is 3.95.